The van der Waals surface area contributed by atoms with Crippen LogP contribution in [0.4, 0.5) is 48.3 Å². The summed E-state index contributed by atoms with van der Waals surface area (Å²) in [6, 6.07) is 5.09. The molecule has 0 spiro atoms. The van der Waals surface area contributed by atoms with Crippen LogP contribution >= 0.6 is 0 Å². The van der Waals surface area contributed by atoms with E-state index in [1.54, 1.807) is 0 Å². The van der Waals surface area contributed by atoms with Gasteiger partial charge in [0.05, 0.1) is 16.6 Å². The maximum absolute atomic E-state index is 13.7. The second-order valence-corrected chi connectivity index (χ2v) is 6.38. The van der Waals surface area contributed by atoms with Crippen LogP contribution in [-0.2, 0) is 6.18 Å². The molecular weight excluding hydrogens is 447 g/mol. The van der Waals surface area contributed by atoms with Gasteiger partial charge in [0.1, 0.15) is 0 Å². The first kappa shape index (κ1) is 21.3. The average Bonchev–Trinajstić information content (AvgIpc) is 3.06. The number of nitrogens with zero attached hydrogens (tertiary/aromatic N) is 5. The molecule has 0 radical (unpaired) electrons. The van der Waals surface area contributed by atoms with Gasteiger partial charge in [0, 0.05) is 17.8 Å². The molecule has 166 valence electrons. The minimum Gasteiger partial charge on any atom is -0.368 e. The highest BCUT2D eigenvalue weighted by Crippen LogP contribution is 2.31. The van der Waals surface area contributed by atoms with Gasteiger partial charge in [-0.15, -0.1) is 0 Å². The Hall–Kier alpha value is -3.97. The third-order valence-corrected chi connectivity index (χ3v) is 4.23. The first-order valence-electron chi connectivity index (χ1n) is 8.64. The lowest BCUT2D eigenvalue weighted by atomic mass is 10.2. The quantitative estimate of drug-likeness (QED) is 0.429. The van der Waals surface area contributed by atoms with E-state index < -0.39 is 47.5 Å². The van der Waals surface area contributed by atoms with Crippen LogP contribution in [0.1, 0.15) is 17.8 Å². The van der Waals surface area contributed by atoms with E-state index >= 15 is 0 Å². The summed E-state index contributed by atoms with van der Waals surface area (Å²) in [5.74, 6) is -4.73. The number of aromatic nitrogens is 5. The summed E-state index contributed by atoms with van der Waals surface area (Å²) in [5, 5.41) is 2.58. The predicted molar refractivity (Wildman–Crippen MR) is 98.5 cm³/mol. The standard InChI is InChI=1S/C18H10F7N7/c19-9-5-11-12(6-10(9)20)32(14(28-11)13(21)22)17-30-15(26)29-16(31-17)27-8-3-1-7(2-4-8)18(23,24)25/h1-6,13H,(H3,26,27,29,30,31). The molecule has 0 atom stereocenters. The number of halogens is 7. The van der Waals surface area contributed by atoms with Gasteiger partial charge in [-0.1, -0.05) is 0 Å². The predicted octanol–water partition coefficient (Wildman–Crippen LogP) is 4.77. The van der Waals surface area contributed by atoms with Gasteiger partial charge in [-0.25, -0.2) is 22.5 Å². The molecule has 0 saturated carbocycles. The summed E-state index contributed by atoms with van der Waals surface area (Å²) in [6.07, 6.45) is -7.70. The van der Waals surface area contributed by atoms with Crippen molar-refractivity contribution in [1.29, 1.82) is 0 Å². The Kier molecular flexibility index (Phi) is 5.06. The highest BCUT2D eigenvalue weighted by molar-refractivity contribution is 5.78. The van der Waals surface area contributed by atoms with Crippen LogP contribution in [0.2, 0.25) is 0 Å². The highest BCUT2D eigenvalue weighted by Gasteiger charge is 2.30. The number of nitrogen functional groups attached to an aromatic ring is 1. The minimum atomic E-state index is -4.54. The van der Waals surface area contributed by atoms with Gasteiger partial charge in [-0.2, -0.15) is 28.1 Å². The number of hydrogen-bond acceptors (Lipinski definition) is 6. The second-order valence-electron chi connectivity index (χ2n) is 6.38. The zero-order valence-corrected chi connectivity index (χ0v) is 15.5. The molecule has 14 heteroatoms. The van der Waals surface area contributed by atoms with Crippen molar-refractivity contribution in [3.63, 3.8) is 0 Å². The Morgan fingerprint density at radius 1 is 0.906 bits per heavy atom. The first-order chi connectivity index (χ1) is 15.0. The van der Waals surface area contributed by atoms with Gasteiger partial charge in [0.2, 0.25) is 17.8 Å². The molecule has 2 aromatic heterocycles. The Bertz CT molecular complexity index is 1300. The number of imidazole rings is 1. The van der Waals surface area contributed by atoms with Crippen LogP contribution in [0.5, 0.6) is 0 Å². The Balaban J connectivity index is 1.79. The van der Waals surface area contributed by atoms with Crippen molar-refractivity contribution in [2.75, 3.05) is 11.1 Å². The molecule has 2 heterocycles. The van der Waals surface area contributed by atoms with Gasteiger partial charge in [-0.3, -0.25) is 4.57 Å². The van der Waals surface area contributed by atoms with Crippen LogP contribution in [0.15, 0.2) is 36.4 Å². The number of rotatable bonds is 4. The van der Waals surface area contributed by atoms with E-state index in [9.17, 15) is 30.7 Å². The van der Waals surface area contributed by atoms with E-state index in [0.29, 0.717) is 16.7 Å². The topological polar surface area (TPSA) is 94.5 Å². The number of alkyl halides is 5. The van der Waals surface area contributed by atoms with Gasteiger partial charge in [0.15, 0.2) is 17.5 Å². The van der Waals surface area contributed by atoms with Gasteiger partial charge < -0.3 is 11.1 Å². The van der Waals surface area contributed by atoms with Crippen LogP contribution in [0.3, 0.4) is 0 Å². The first-order valence-corrected chi connectivity index (χ1v) is 8.64. The maximum atomic E-state index is 13.7. The van der Waals surface area contributed by atoms with Gasteiger partial charge in [-0.05, 0) is 24.3 Å². The number of hydrogen-bond donors (Lipinski definition) is 2. The van der Waals surface area contributed by atoms with Crippen LogP contribution in [-0.4, -0.2) is 24.5 Å². The summed E-state index contributed by atoms with van der Waals surface area (Å²) < 4.78 is 93.2. The molecule has 0 fully saturated rings. The van der Waals surface area contributed by atoms with Crippen molar-refractivity contribution < 1.29 is 30.7 Å². The summed E-state index contributed by atoms with van der Waals surface area (Å²) in [6.45, 7) is 0. The molecule has 0 aliphatic rings. The minimum absolute atomic E-state index is 0.132. The molecule has 0 amide bonds. The van der Waals surface area contributed by atoms with Crippen molar-refractivity contribution in [3.05, 3.63) is 59.4 Å². The number of nitrogens with one attached hydrogen (secondary N) is 1. The van der Waals surface area contributed by atoms with E-state index in [1.807, 2.05) is 0 Å². The van der Waals surface area contributed by atoms with E-state index in [1.165, 1.54) is 0 Å². The van der Waals surface area contributed by atoms with Crippen LogP contribution < -0.4 is 11.1 Å². The zero-order chi connectivity index (χ0) is 23.2. The molecule has 0 aliphatic carbocycles. The third-order valence-electron chi connectivity index (χ3n) is 4.23. The summed E-state index contributed by atoms with van der Waals surface area (Å²) in [7, 11) is 0. The second kappa shape index (κ2) is 7.62. The summed E-state index contributed by atoms with van der Waals surface area (Å²) >= 11 is 0. The van der Waals surface area contributed by atoms with Crippen LogP contribution in [0, 0.1) is 11.6 Å². The lowest BCUT2D eigenvalue weighted by molar-refractivity contribution is -0.137. The van der Waals surface area contributed by atoms with E-state index in [4.69, 9.17) is 5.73 Å². The molecule has 0 aliphatic heterocycles. The summed E-state index contributed by atoms with van der Waals surface area (Å²) in [5.41, 5.74) is 4.32. The molecule has 4 aromatic rings. The average molecular weight is 457 g/mol. The largest absolute Gasteiger partial charge is 0.416 e. The molecule has 7 nitrogen and oxygen atoms in total. The number of benzene rings is 2. The molecule has 32 heavy (non-hydrogen) atoms. The Morgan fingerprint density at radius 2 is 1.56 bits per heavy atom. The van der Waals surface area contributed by atoms with Crippen molar-refractivity contribution >= 4 is 28.6 Å². The normalized spacial score (nSPS) is 12.0. The SMILES string of the molecule is Nc1nc(Nc2ccc(C(F)(F)F)cc2)nc(-n2c(C(F)F)nc3cc(F)c(F)cc32)n1. The van der Waals surface area contributed by atoms with Crippen LogP contribution in [0.25, 0.3) is 17.0 Å². The molecule has 2 aromatic carbocycles. The van der Waals surface area contributed by atoms with Crippen molar-refractivity contribution in [2.45, 2.75) is 12.6 Å². The highest BCUT2D eigenvalue weighted by atomic mass is 19.4. The number of fused-ring (bicyclic) bond motifs is 1. The molecule has 4 rings (SSSR count). The van der Waals surface area contributed by atoms with Crippen molar-refractivity contribution in [1.82, 2.24) is 24.5 Å². The van der Waals surface area contributed by atoms with Gasteiger partial charge in [0.25, 0.3) is 6.43 Å². The molecular formula is C18H10F7N7. The fraction of sp³-hybridized carbons (Fsp3) is 0.111. The van der Waals surface area contributed by atoms with Crippen molar-refractivity contribution in [2.24, 2.45) is 0 Å². The van der Waals surface area contributed by atoms with E-state index in [0.717, 1.165) is 24.3 Å². The number of anilines is 3. The number of nitrogens with two attached hydrogens (primary N) is 1. The van der Waals surface area contributed by atoms with Crippen molar-refractivity contribution in [3.8, 4) is 5.95 Å². The van der Waals surface area contributed by atoms with E-state index in [2.05, 4.69) is 25.3 Å². The molecule has 0 unspecified atom stereocenters. The fourth-order valence-corrected chi connectivity index (χ4v) is 2.86. The Morgan fingerprint density at radius 3 is 2.19 bits per heavy atom. The monoisotopic (exact) mass is 457 g/mol. The molecule has 3 N–H and O–H groups in total. The Labute approximate surface area is 173 Å². The molecule has 0 bridgehead atoms. The lowest BCUT2D eigenvalue weighted by Crippen LogP contribution is -2.12. The zero-order valence-electron chi connectivity index (χ0n) is 15.5. The third kappa shape index (κ3) is 3.98. The smallest absolute Gasteiger partial charge is 0.368 e. The fourth-order valence-electron chi connectivity index (χ4n) is 2.86. The maximum Gasteiger partial charge on any atom is 0.416 e. The van der Waals surface area contributed by atoms with Gasteiger partial charge >= 0.3 is 6.18 Å². The molecule has 0 saturated heterocycles. The summed E-state index contributed by atoms with van der Waals surface area (Å²) in [4.78, 5) is 15.0. The van der Waals surface area contributed by atoms with E-state index in [-0.39, 0.29) is 22.7 Å². The lowest BCUT2D eigenvalue weighted by Gasteiger charge is -2.11.